The standard InChI is InChI=1S/C13H11N5O/c19-9-10-6-7-14-12(8-10)18-16-13(15-17-18)11-4-2-1-3-5-11/h1-8,19H,9H2. The molecule has 0 atom stereocenters. The quantitative estimate of drug-likeness (QED) is 0.759. The molecule has 2 heterocycles. The number of benzene rings is 1. The Morgan fingerprint density at radius 1 is 1.11 bits per heavy atom. The molecule has 0 saturated carbocycles. The van der Waals surface area contributed by atoms with Crippen LogP contribution in [0.25, 0.3) is 17.2 Å². The van der Waals surface area contributed by atoms with Crippen molar-refractivity contribution in [3.05, 3.63) is 54.2 Å². The molecule has 1 N–H and O–H groups in total. The topological polar surface area (TPSA) is 76.7 Å². The van der Waals surface area contributed by atoms with Gasteiger partial charge in [0.25, 0.3) is 0 Å². The SMILES string of the molecule is OCc1ccnc(-n2nnc(-c3ccccc3)n2)c1. The third-order valence-corrected chi connectivity index (χ3v) is 2.64. The van der Waals surface area contributed by atoms with Crippen LogP contribution in [0, 0.1) is 0 Å². The van der Waals surface area contributed by atoms with Gasteiger partial charge < -0.3 is 5.11 Å². The van der Waals surface area contributed by atoms with Gasteiger partial charge in [-0.1, -0.05) is 30.3 Å². The fourth-order valence-electron chi connectivity index (χ4n) is 1.68. The van der Waals surface area contributed by atoms with Gasteiger partial charge in [-0.2, -0.15) is 0 Å². The second kappa shape index (κ2) is 4.95. The number of aliphatic hydroxyl groups excluding tert-OH is 1. The number of rotatable bonds is 3. The molecule has 0 amide bonds. The minimum atomic E-state index is -0.0459. The van der Waals surface area contributed by atoms with Crippen molar-refractivity contribution in [3.63, 3.8) is 0 Å². The van der Waals surface area contributed by atoms with E-state index in [1.807, 2.05) is 30.3 Å². The molecule has 0 unspecified atom stereocenters. The average Bonchev–Trinajstić information content (AvgIpc) is 2.98. The maximum absolute atomic E-state index is 9.10. The predicted octanol–water partition coefficient (Wildman–Crippen LogP) is 1.22. The van der Waals surface area contributed by atoms with E-state index in [9.17, 15) is 0 Å². The zero-order valence-corrected chi connectivity index (χ0v) is 10.0. The highest BCUT2D eigenvalue weighted by Crippen LogP contribution is 2.13. The summed E-state index contributed by atoms with van der Waals surface area (Å²) in [5.74, 6) is 1.07. The summed E-state index contributed by atoms with van der Waals surface area (Å²) < 4.78 is 0. The van der Waals surface area contributed by atoms with E-state index in [4.69, 9.17) is 5.11 Å². The van der Waals surface area contributed by atoms with Crippen LogP contribution in [0.3, 0.4) is 0 Å². The Balaban J connectivity index is 1.97. The van der Waals surface area contributed by atoms with Crippen LogP contribution in [0.4, 0.5) is 0 Å². The van der Waals surface area contributed by atoms with Crippen molar-refractivity contribution in [2.75, 3.05) is 0 Å². The summed E-state index contributed by atoms with van der Waals surface area (Å²) in [6.07, 6.45) is 1.60. The maximum atomic E-state index is 9.10. The fraction of sp³-hybridized carbons (Fsp3) is 0.0769. The van der Waals surface area contributed by atoms with Crippen molar-refractivity contribution < 1.29 is 5.11 Å². The summed E-state index contributed by atoms with van der Waals surface area (Å²) in [6, 6.07) is 13.0. The van der Waals surface area contributed by atoms with Gasteiger partial charge in [-0.25, -0.2) is 4.98 Å². The third kappa shape index (κ3) is 2.34. The minimum absolute atomic E-state index is 0.0459. The highest BCUT2D eigenvalue weighted by atomic mass is 16.3. The van der Waals surface area contributed by atoms with Crippen LogP contribution in [0.2, 0.25) is 0 Å². The number of pyridine rings is 1. The van der Waals surface area contributed by atoms with Crippen LogP contribution < -0.4 is 0 Å². The number of hydrogen-bond acceptors (Lipinski definition) is 5. The van der Waals surface area contributed by atoms with E-state index in [1.165, 1.54) is 4.80 Å². The zero-order chi connectivity index (χ0) is 13.1. The first-order chi connectivity index (χ1) is 9.36. The molecule has 0 aliphatic carbocycles. The first-order valence-electron chi connectivity index (χ1n) is 5.78. The lowest BCUT2D eigenvalue weighted by Gasteiger charge is -1.99. The monoisotopic (exact) mass is 253 g/mol. The molecule has 19 heavy (non-hydrogen) atoms. The Bertz CT molecular complexity index is 680. The van der Waals surface area contributed by atoms with E-state index in [0.29, 0.717) is 11.6 Å². The van der Waals surface area contributed by atoms with Crippen molar-refractivity contribution in [1.82, 2.24) is 25.2 Å². The Morgan fingerprint density at radius 2 is 1.95 bits per heavy atom. The van der Waals surface area contributed by atoms with E-state index < -0.39 is 0 Å². The highest BCUT2D eigenvalue weighted by Gasteiger charge is 2.07. The van der Waals surface area contributed by atoms with Crippen molar-refractivity contribution in [1.29, 1.82) is 0 Å². The summed E-state index contributed by atoms with van der Waals surface area (Å²) in [5.41, 5.74) is 1.65. The van der Waals surface area contributed by atoms with Crippen molar-refractivity contribution >= 4 is 0 Å². The van der Waals surface area contributed by atoms with Gasteiger partial charge in [0, 0.05) is 11.8 Å². The lowest BCUT2D eigenvalue weighted by molar-refractivity contribution is 0.281. The second-order valence-corrected chi connectivity index (χ2v) is 3.95. The van der Waals surface area contributed by atoms with E-state index >= 15 is 0 Å². The molecule has 0 radical (unpaired) electrons. The van der Waals surface area contributed by atoms with Gasteiger partial charge in [-0.3, -0.25) is 0 Å². The zero-order valence-electron chi connectivity index (χ0n) is 10.0. The molecule has 0 fully saturated rings. The first kappa shape index (κ1) is 11.5. The number of hydrogen-bond donors (Lipinski definition) is 1. The van der Waals surface area contributed by atoms with Crippen molar-refractivity contribution in [2.24, 2.45) is 0 Å². The lowest BCUT2D eigenvalue weighted by Crippen LogP contribution is -2.02. The van der Waals surface area contributed by atoms with Crippen LogP contribution in [0.5, 0.6) is 0 Å². The van der Waals surface area contributed by atoms with Gasteiger partial charge in [-0.05, 0) is 22.9 Å². The Kier molecular flexibility index (Phi) is 2.99. The Hall–Kier alpha value is -2.60. The van der Waals surface area contributed by atoms with Crippen LogP contribution in [-0.4, -0.2) is 30.3 Å². The van der Waals surface area contributed by atoms with Gasteiger partial charge >= 0.3 is 0 Å². The summed E-state index contributed by atoms with van der Waals surface area (Å²) in [7, 11) is 0. The molecule has 94 valence electrons. The Labute approximate surface area is 109 Å². The predicted molar refractivity (Wildman–Crippen MR) is 68.3 cm³/mol. The largest absolute Gasteiger partial charge is 0.392 e. The highest BCUT2D eigenvalue weighted by molar-refractivity contribution is 5.53. The number of aromatic nitrogens is 5. The molecule has 1 aromatic carbocycles. The summed E-state index contributed by atoms with van der Waals surface area (Å²) in [5, 5.41) is 21.3. The van der Waals surface area contributed by atoms with Crippen LogP contribution >= 0.6 is 0 Å². The Morgan fingerprint density at radius 3 is 2.74 bits per heavy atom. The normalized spacial score (nSPS) is 10.6. The molecule has 6 nitrogen and oxygen atoms in total. The van der Waals surface area contributed by atoms with E-state index in [2.05, 4.69) is 20.4 Å². The number of nitrogens with zero attached hydrogens (tertiary/aromatic N) is 5. The van der Waals surface area contributed by atoms with Crippen LogP contribution in [-0.2, 0) is 6.61 Å². The van der Waals surface area contributed by atoms with E-state index in [0.717, 1.165) is 11.1 Å². The van der Waals surface area contributed by atoms with Crippen molar-refractivity contribution in [2.45, 2.75) is 6.61 Å². The number of aliphatic hydroxyl groups is 1. The summed E-state index contributed by atoms with van der Waals surface area (Å²) in [6.45, 7) is -0.0459. The molecular weight excluding hydrogens is 242 g/mol. The first-order valence-corrected chi connectivity index (χ1v) is 5.78. The van der Waals surface area contributed by atoms with E-state index in [-0.39, 0.29) is 6.61 Å². The molecule has 0 spiro atoms. The molecule has 0 saturated heterocycles. The smallest absolute Gasteiger partial charge is 0.205 e. The minimum Gasteiger partial charge on any atom is -0.392 e. The molecule has 6 heteroatoms. The van der Waals surface area contributed by atoms with Crippen molar-refractivity contribution in [3.8, 4) is 17.2 Å². The van der Waals surface area contributed by atoms with Gasteiger partial charge in [0.05, 0.1) is 6.61 Å². The molecule has 3 rings (SSSR count). The summed E-state index contributed by atoms with van der Waals surface area (Å²) in [4.78, 5) is 5.50. The van der Waals surface area contributed by atoms with Crippen LogP contribution in [0.1, 0.15) is 5.56 Å². The van der Waals surface area contributed by atoms with E-state index in [1.54, 1.807) is 18.3 Å². The molecule has 3 aromatic rings. The molecule has 2 aromatic heterocycles. The fourth-order valence-corrected chi connectivity index (χ4v) is 1.68. The van der Waals surface area contributed by atoms with Gasteiger partial charge in [0.1, 0.15) is 0 Å². The van der Waals surface area contributed by atoms with Gasteiger partial charge in [0.2, 0.25) is 5.82 Å². The van der Waals surface area contributed by atoms with Gasteiger partial charge in [0.15, 0.2) is 5.82 Å². The van der Waals surface area contributed by atoms with Crippen LogP contribution in [0.15, 0.2) is 48.7 Å². The lowest BCUT2D eigenvalue weighted by atomic mass is 10.2. The third-order valence-electron chi connectivity index (χ3n) is 2.64. The van der Waals surface area contributed by atoms with Gasteiger partial charge in [-0.15, -0.1) is 15.0 Å². The molecule has 0 aliphatic heterocycles. The molecule has 0 aliphatic rings. The second-order valence-electron chi connectivity index (χ2n) is 3.95. The number of tetrazole rings is 1. The maximum Gasteiger partial charge on any atom is 0.205 e. The molecule has 0 bridgehead atoms. The average molecular weight is 253 g/mol. The molecular formula is C13H11N5O. The summed E-state index contributed by atoms with van der Waals surface area (Å²) >= 11 is 0.